The summed E-state index contributed by atoms with van der Waals surface area (Å²) in [5.74, 6) is 4.61. The molecule has 0 aliphatic heterocycles. The number of rotatable bonds is 2. The molecule has 0 amide bonds. The second kappa shape index (κ2) is 5.99. The van der Waals surface area contributed by atoms with Crippen molar-refractivity contribution in [3.8, 4) is 11.8 Å². The number of aromatic nitrogens is 2. The molecule has 1 aromatic heterocycles. The molecule has 20 heavy (non-hydrogen) atoms. The fourth-order valence-corrected chi connectivity index (χ4v) is 1.69. The average molecular weight is 274 g/mol. The van der Waals surface area contributed by atoms with Gasteiger partial charge in [-0.2, -0.15) is 0 Å². The SMILES string of the molecule is O=c1ccn(Cc2ccc(F)cc2C#CCO)c(=O)[nH]1. The van der Waals surface area contributed by atoms with E-state index in [2.05, 4.69) is 16.8 Å². The third kappa shape index (κ3) is 3.22. The first-order valence-corrected chi connectivity index (χ1v) is 5.78. The summed E-state index contributed by atoms with van der Waals surface area (Å²) in [6, 6.07) is 5.23. The minimum absolute atomic E-state index is 0.144. The minimum atomic E-state index is -0.553. The van der Waals surface area contributed by atoms with Crippen molar-refractivity contribution in [2.45, 2.75) is 6.54 Å². The third-order valence-electron chi connectivity index (χ3n) is 2.61. The molecule has 0 atom stereocenters. The van der Waals surface area contributed by atoms with Crippen LogP contribution in [0.4, 0.5) is 4.39 Å². The first-order valence-electron chi connectivity index (χ1n) is 5.78. The van der Waals surface area contributed by atoms with Crippen molar-refractivity contribution in [1.82, 2.24) is 9.55 Å². The number of nitrogens with one attached hydrogen (secondary N) is 1. The van der Waals surface area contributed by atoms with Crippen molar-refractivity contribution in [1.29, 1.82) is 0 Å². The summed E-state index contributed by atoms with van der Waals surface area (Å²) in [4.78, 5) is 24.7. The van der Waals surface area contributed by atoms with Crippen molar-refractivity contribution in [2.24, 2.45) is 0 Å². The molecule has 2 aromatic rings. The summed E-state index contributed by atoms with van der Waals surface area (Å²) in [5, 5.41) is 8.69. The highest BCUT2D eigenvalue weighted by atomic mass is 19.1. The lowest BCUT2D eigenvalue weighted by Crippen LogP contribution is -2.29. The number of aliphatic hydroxyl groups excluding tert-OH is 1. The fraction of sp³-hybridized carbons (Fsp3) is 0.143. The van der Waals surface area contributed by atoms with Crippen LogP contribution in [0.15, 0.2) is 40.1 Å². The van der Waals surface area contributed by atoms with E-state index in [0.29, 0.717) is 11.1 Å². The third-order valence-corrected chi connectivity index (χ3v) is 2.61. The van der Waals surface area contributed by atoms with E-state index >= 15 is 0 Å². The molecule has 0 bridgehead atoms. The Balaban J connectivity index is 2.42. The zero-order valence-corrected chi connectivity index (χ0v) is 10.4. The first kappa shape index (κ1) is 13.8. The summed E-state index contributed by atoms with van der Waals surface area (Å²) in [5.41, 5.74) is -0.0350. The second-order valence-electron chi connectivity index (χ2n) is 4.00. The molecule has 0 saturated heterocycles. The number of nitrogens with zero attached hydrogens (tertiary/aromatic N) is 1. The van der Waals surface area contributed by atoms with Gasteiger partial charge in [-0.05, 0) is 17.7 Å². The van der Waals surface area contributed by atoms with Gasteiger partial charge in [0.05, 0.1) is 6.54 Å². The molecule has 2 rings (SSSR count). The number of hydrogen-bond donors (Lipinski definition) is 2. The zero-order chi connectivity index (χ0) is 14.5. The molecule has 2 N–H and O–H groups in total. The molecule has 1 aromatic carbocycles. The number of aromatic amines is 1. The minimum Gasteiger partial charge on any atom is -0.384 e. The second-order valence-corrected chi connectivity index (χ2v) is 4.00. The van der Waals surface area contributed by atoms with Gasteiger partial charge in [-0.25, -0.2) is 9.18 Å². The van der Waals surface area contributed by atoms with Crippen LogP contribution in [0.3, 0.4) is 0 Å². The Hall–Kier alpha value is -2.65. The number of benzene rings is 1. The fourth-order valence-electron chi connectivity index (χ4n) is 1.69. The number of H-pyrrole nitrogens is 1. The van der Waals surface area contributed by atoms with Gasteiger partial charge in [-0.3, -0.25) is 14.3 Å². The standard InChI is InChI=1S/C14H11FN2O3/c15-12-4-3-11(10(8-12)2-1-7-18)9-17-6-5-13(19)16-14(17)20/h3-6,8,18H,7,9H2,(H,16,19,20). The van der Waals surface area contributed by atoms with E-state index in [-0.39, 0.29) is 13.2 Å². The van der Waals surface area contributed by atoms with Crippen molar-refractivity contribution < 1.29 is 9.50 Å². The van der Waals surface area contributed by atoms with Crippen LogP contribution in [0.25, 0.3) is 0 Å². The summed E-state index contributed by atoms with van der Waals surface area (Å²) >= 11 is 0. The average Bonchev–Trinajstić information content (AvgIpc) is 2.41. The highest BCUT2D eigenvalue weighted by molar-refractivity contribution is 5.42. The molecule has 0 fully saturated rings. The molecule has 102 valence electrons. The molecule has 5 nitrogen and oxygen atoms in total. The summed E-state index contributed by atoms with van der Waals surface area (Å²) < 4.78 is 14.5. The lowest BCUT2D eigenvalue weighted by Gasteiger charge is -2.07. The van der Waals surface area contributed by atoms with E-state index < -0.39 is 17.1 Å². The quantitative estimate of drug-likeness (QED) is 0.761. The van der Waals surface area contributed by atoms with Gasteiger partial charge in [0.25, 0.3) is 5.56 Å². The number of hydrogen-bond acceptors (Lipinski definition) is 3. The molecule has 1 heterocycles. The van der Waals surface area contributed by atoms with Crippen LogP contribution in [-0.2, 0) is 6.54 Å². The lowest BCUT2D eigenvalue weighted by molar-refractivity contribution is 0.350. The Labute approximate surface area is 113 Å². The maximum Gasteiger partial charge on any atom is 0.328 e. The predicted molar refractivity (Wildman–Crippen MR) is 70.8 cm³/mol. The van der Waals surface area contributed by atoms with Gasteiger partial charge in [0.1, 0.15) is 12.4 Å². The largest absolute Gasteiger partial charge is 0.384 e. The highest BCUT2D eigenvalue weighted by Gasteiger charge is 2.05. The van der Waals surface area contributed by atoms with Gasteiger partial charge >= 0.3 is 5.69 Å². The van der Waals surface area contributed by atoms with Gasteiger partial charge in [0, 0.05) is 17.8 Å². The van der Waals surface area contributed by atoms with E-state index in [1.165, 1.54) is 35.0 Å². The molecule has 0 aliphatic rings. The van der Waals surface area contributed by atoms with Crippen molar-refractivity contribution >= 4 is 0 Å². The molecule has 0 aliphatic carbocycles. The van der Waals surface area contributed by atoms with E-state index in [1.807, 2.05) is 0 Å². The van der Waals surface area contributed by atoms with Gasteiger partial charge in [0.2, 0.25) is 0 Å². The Morgan fingerprint density at radius 2 is 2.10 bits per heavy atom. The molecule has 0 spiro atoms. The smallest absolute Gasteiger partial charge is 0.328 e. The summed E-state index contributed by atoms with van der Waals surface area (Å²) in [6.07, 6.45) is 1.35. The van der Waals surface area contributed by atoms with Crippen LogP contribution in [0.5, 0.6) is 0 Å². The highest BCUT2D eigenvalue weighted by Crippen LogP contribution is 2.11. The Kier molecular flexibility index (Phi) is 4.13. The normalized spacial score (nSPS) is 9.90. The summed E-state index contributed by atoms with van der Waals surface area (Å²) in [6.45, 7) is -0.195. The lowest BCUT2D eigenvalue weighted by atomic mass is 10.1. The molecule has 6 heteroatoms. The zero-order valence-electron chi connectivity index (χ0n) is 10.4. The van der Waals surface area contributed by atoms with Crippen LogP contribution in [0.1, 0.15) is 11.1 Å². The van der Waals surface area contributed by atoms with Gasteiger partial charge < -0.3 is 5.11 Å². The number of halogens is 1. The van der Waals surface area contributed by atoms with Gasteiger partial charge in [0.15, 0.2) is 0 Å². The van der Waals surface area contributed by atoms with Crippen LogP contribution in [0, 0.1) is 17.7 Å². The van der Waals surface area contributed by atoms with Crippen LogP contribution < -0.4 is 11.2 Å². The molecule has 0 radical (unpaired) electrons. The summed E-state index contributed by atoms with van der Waals surface area (Å²) in [7, 11) is 0. The van der Waals surface area contributed by atoms with Gasteiger partial charge in [-0.15, -0.1) is 0 Å². The van der Waals surface area contributed by atoms with Crippen LogP contribution in [0.2, 0.25) is 0 Å². The molecule has 0 unspecified atom stereocenters. The first-order chi connectivity index (χ1) is 9.60. The van der Waals surface area contributed by atoms with E-state index in [9.17, 15) is 14.0 Å². The van der Waals surface area contributed by atoms with Gasteiger partial charge in [-0.1, -0.05) is 17.9 Å². The van der Waals surface area contributed by atoms with E-state index in [0.717, 1.165) is 0 Å². The molecular formula is C14H11FN2O3. The predicted octanol–water partition coefficient (Wildman–Crippen LogP) is 0.0678. The Bertz CT molecular complexity index is 796. The van der Waals surface area contributed by atoms with Crippen molar-refractivity contribution in [3.63, 3.8) is 0 Å². The monoisotopic (exact) mass is 274 g/mol. The molecular weight excluding hydrogens is 263 g/mol. The van der Waals surface area contributed by atoms with Crippen molar-refractivity contribution in [3.05, 3.63) is 68.2 Å². The Morgan fingerprint density at radius 1 is 1.30 bits per heavy atom. The topological polar surface area (TPSA) is 75.1 Å². The molecule has 0 saturated carbocycles. The van der Waals surface area contributed by atoms with E-state index in [1.54, 1.807) is 0 Å². The number of aliphatic hydroxyl groups is 1. The maximum atomic E-state index is 13.2. The maximum absolute atomic E-state index is 13.2. The van der Waals surface area contributed by atoms with Crippen molar-refractivity contribution in [2.75, 3.05) is 6.61 Å². The van der Waals surface area contributed by atoms with Crippen LogP contribution in [-0.4, -0.2) is 21.3 Å². The van der Waals surface area contributed by atoms with E-state index in [4.69, 9.17) is 5.11 Å². The Morgan fingerprint density at radius 3 is 2.80 bits per heavy atom. The van der Waals surface area contributed by atoms with Crippen LogP contribution >= 0.6 is 0 Å².